The largest absolute Gasteiger partial charge is 0.472 e. The summed E-state index contributed by atoms with van der Waals surface area (Å²) in [6.45, 7) is 0. The molecule has 1 aromatic rings. The molecule has 0 unspecified atom stereocenters. The van der Waals surface area contributed by atoms with Crippen LogP contribution in [0, 0.1) is 5.92 Å². The summed E-state index contributed by atoms with van der Waals surface area (Å²) in [5, 5.41) is 0. The first kappa shape index (κ1) is 7.59. The van der Waals surface area contributed by atoms with Gasteiger partial charge in [0.15, 0.2) is 5.78 Å². The van der Waals surface area contributed by atoms with Crippen molar-refractivity contribution < 1.29 is 9.21 Å². The van der Waals surface area contributed by atoms with E-state index in [0.717, 1.165) is 5.56 Å². The van der Waals surface area contributed by atoms with Gasteiger partial charge < -0.3 is 4.42 Å². The minimum absolute atomic E-state index is 0.230. The lowest BCUT2D eigenvalue weighted by Crippen LogP contribution is -2.15. The fourth-order valence-electron chi connectivity index (χ4n) is 1.50. The Labute approximate surface area is 71.6 Å². The number of ketones is 1. The van der Waals surface area contributed by atoms with Crippen LogP contribution in [0.3, 0.4) is 0 Å². The number of rotatable bonds is 3. The van der Waals surface area contributed by atoms with E-state index in [-0.39, 0.29) is 5.78 Å². The highest BCUT2D eigenvalue weighted by molar-refractivity contribution is 5.95. The molecule has 0 spiro atoms. The molecule has 1 heterocycles. The minimum Gasteiger partial charge on any atom is -0.472 e. The van der Waals surface area contributed by atoms with Gasteiger partial charge in [-0.3, -0.25) is 4.79 Å². The molecular formula is C10H12O2. The van der Waals surface area contributed by atoms with Crippen LogP contribution in [0.15, 0.2) is 23.0 Å². The topological polar surface area (TPSA) is 30.2 Å². The van der Waals surface area contributed by atoms with Crippen molar-refractivity contribution in [1.29, 1.82) is 0 Å². The fraction of sp³-hybridized carbons (Fsp3) is 0.500. The lowest BCUT2D eigenvalue weighted by Gasteiger charge is -2.23. The lowest BCUT2D eigenvalue weighted by molar-refractivity contribution is 0.0936. The van der Waals surface area contributed by atoms with Gasteiger partial charge in [0.25, 0.3) is 0 Å². The maximum absolute atomic E-state index is 11.4. The van der Waals surface area contributed by atoms with E-state index in [9.17, 15) is 4.79 Å². The third-order valence-corrected chi connectivity index (χ3v) is 2.54. The molecule has 12 heavy (non-hydrogen) atoms. The summed E-state index contributed by atoms with van der Waals surface area (Å²) in [5.74, 6) is 0.876. The van der Waals surface area contributed by atoms with Gasteiger partial charge in [0.05, 0.1) is 11.8 Å². The van der Waals surface area contributed by atoms with Gasteiger partial charge in [0.2, 0.25) is 0 Å². The molecule has 0 radical (unpaired) electrons. The lowest BCUT2D eigenvalue weighted by atomic mass is 9.81. The van der Waals surface area contributed by atoms with Crippen LogP contribution in [0.2, 0.25) is 0 Å². The smallest absolute Gasteiger partial charge is 0.166 e. The van der Waals surface area contributed by atoms with Gasteiger partial charge in [-0.1, -0.05) is 19.3 Å². The molecule has 64 valence electrons. The molecule has 0 saturated heterocycles. The average Bonchev–Trinajstić information content (AvgIpc) is 2.47. The van der Waals surface area contributed by atoms with Crippen molar-refractivity contribution >= 4 is 5.78 Å². The monoisotopic (exact) mass is 164 g/mol. The van der Waals surface area contributed by atoms with E-state index < -0.39 is 0 Å². The molecule has 1 aliphatic carbocycles. The normalized spacial score (nSPS) is 17.3. The fourth-order valence-corrected chi connectivity index (χ4v) is 1.50. The first-order valence-electron chi connectivity index (χ1n) is 4.41. The van der Waals surface area contributed by atoms with Crippen molar-refractivity contribution in [2.45, 2.75) is 25.7 Å². The van der Waals surface area contributed by atoms with Crippen molar-refractivity contribution in [1.82, 2.24) is 0 Å². The van der Waals surface area contributed by atoms with Gasteiger partial charge in [-0.15, -0.1) is 0 Å². The third-order valence-electron chi connectivity index (χ3n) is 2.54. The molecule has 0 atom stereocenters. The highest BCUT2D eigenvalue weighted by atomic mass is 16.3. The summed E-state index contributed by atoms with van der Waals surface area (Å²) in [6, 6.07) is 1.74. The van der Waals surface area contributed by atoms with Crippen LogP contribution in [0.5, 0.6) is 0 Å². The summed E-state index contributed by atoms with van der Waals surface area (Å²) < 4.78 is 4.85. The molecule has 1 aliphatic rings. The van der Waals surface area contributed by atoms with Gasteiger partial charge >= 0.3 is 0 Å². The summed E-state index contributed by atoms with van der Waals surface area (Å²) in [6.07, 6.45) is 7.53. The van der Waals surface area contributed by atoms with Crippen molar-refractivity contribution in [2.75, 3.05) is 0 Å². The second-order valence-corrected chi connectivity index (χ2v) is 3.44. The van der Waals surface area contributed by atoms with Crippen LogP contribution >= 0.6 is 0 Å². The quantitative estimate of drug-likeness (QED) is 0.643. The van der Waals surface area contributed by atoms with Gasteiger partial charge in [0, 0.05) is 6.42 Å². The Hall–Kier alpha value is -1.05. The number of hydrogen-bond donors (Lipinski definition) is 0. The zero-order valence-electron chi connectivity index (χ0n) is 6.95. The number of carbonyl (C=O) groups is 1. The van der Waals surface area contributed by atoms with E-state index >= 15 is 0 Å². The summed E-state index contributed by atoms with van der Waals surface area (Å²) in [4.78, 5) is 11.4. The van der Waals surface area contributed by atoms with E-state index in [1.807, 2.05) is 0 Å². The molecular weight excluding hydrogens is 152 g/mol. The maximum Gasteiger partial charge on any atom is 0.166 e. The predicted octanol–water partition coefficient (Wildman–Crippen LogP) is 2.65. The van der Waals surface area contributed by atoms with Crippen molar-refractivity contribution in [3.05, 3.63) is 24.2 Å². The molecule has 0 bridgehead atoms. The molecule has 0 N–H and O–H groups in total. The van der Waals surface area contributed by atoms with Crippen LogP contribution in [-0.2, 0) is 0 Å². The number of hydrogen-bond acceptors (Lipinski definition) is 2. The van der Waals surface area contributed by atoms with Crippen LogP contribution in [0.1, 0.15) is 36.0 Å². The first-order valence-corrected chi connectivity index (χ1v) is 4.41. The standard InChI is InChI=1S/C10H12O2/c11-10(6-8-2-1-3-8)9-4-5-12-7-9/h4-5,7-8H,1-3,6H2. The van der Waals surface area contributed by atoms with Crippen molar-refractivity contribution in [2.24, 2.45) is 5.92 Å². The van der Waals surface area contributed by atoms with E-state index in [1.165, 1.54) is 25.5 Å². The van der Waals surface area contributed by atoms with Gasteiger partial charge in [-0.05, 0) is 12.0 Å². The Bertz CT molecular complexity index is 257. The van der Waals surface area contributed by atoms with Gasteiger partial charge in [0.1, 0.15) is 6.26 Å². The SMILES string of the molecule is O=C(CC1CCC1)c1ccoc1. The Balaban J connectivity index is 1.92. The summed E-state index contributed by atoms with van der Waals surface area (Å²) >= 11 is 0. The second kappa shape index (κ2) is 3.13. The molecule has 0 amide bonds. The molecule has 2 nitrogen and oxygen atoms in total. The number of carbonyl (C=O) groups excluding carboxylic acids is 1. The zero-order chi connectivity index (χ0) is 8.39. The van der Waals surface area contributed by atoms with E-state index in [0.29, 0.717) is 12.3 Å². The molecule has 2 rings (SSSR count). The van der Waals surface area contributed by atoms with E-state index in [1.54, 1.807) is 12.3 Å². The molecule has 2 heteroatoms. The summed E-state index contributed by atoms with van der Waals surface area (Å²) in [7, 11) is 0. The first-order chi connectivity index (χ1) is 5.86. The summed E-state index contributed by atoms with van der Waals surface area (Å²) in [5.41, 5.74) is 0.724. The Morgan fingerprint density at radius 1 is 1.58 bits per heavy atom. The van der Waals surface area contributed by atoms with E-state index in [4.69, 9.17) is 4.42 Å². The molecule has 1 saturated carbocycles. The van der Waals surface area contributed by atoms with Crippen molar-refractivity contribution in [3.8, 4) is 0 Å². The predicted molar refractivity (Wildman–Crippen MR) is 45.0 cm³/mol. The van der Waals surface area contributed by atoms with E-state index in [2.05, 4.69) is 0 Å². The van der Waals surface area contributed by atoms with Crippen LogP contribution in [-0.4, -0.2) is 5.78 Å². The highest BCUT2D eigenvalue weighted by Gasteiger charge is 2.21. The second-order valence-electron chi connectivity index (χ2n) is 3.44. The molecule has 1 fully saturated rings. The molecule has 0 aliphatic heterocycles. The van der Waals surface area contributed by atoms with Crippen LogP contribution < -0.4 is 0 Å². The third kappa shape index (κ3) is 1.42. The van der Waals surface area contributed by atoms with Gasteiger partial charge in [-0.2, -0.15) is 0 Å². The number of furan rings is 1. The maximum atomic E-state index is 11.4. The van der Waals surface area contributed by atoms with Crippen molar-refractivity contribution in [3.63, 3.8) is 0 Å². The van der Waals surface area contributed by atoms with Gasteiger partial charge in [-0.25, -0.2) is 0 Å². The zero-order valence-corrected chi connectivity index (χ0v) is 6.95. The Morgan fingerprint density at radius 2 is 2.42 bits per heavy atom. The van der Waals surface area contributed by atoms with Crippen LogP contribution in [0.4, 0.5) is 0 Å². The molecule has 0 aromatic carbocycles. The minimum atomic E-state index is 0.230. The molecule has 1 aromatic heterocycles. The Kier molecular flexibility index (Phi) is 1.98. The highest BCUT2D eigenvalue weighted by Crippen LogP contribution is 2.30. The Morgan fingerprint density at radius 3 is 2.92 bits per heavy atom. The average molecular weight is 164 g/mol. The van der Waals surface area contributed by atoms with Crippen LogP contribution in [0.25, 0.3) is 0 Å². The number of Topliss-reactive ketones (excluding diaryl/α,β-unsaturated/α-hetero) is 1.